The molecule has 6 heteroatoms. The summed E-state index contributed by atoms with van der Waals surface area (Å²) < 4.78 is 19.0. The van der Waals surface area contributed by atoms with Gasteiger partial charge in [-0.3, -0.25) is 0 Å². The highest BCUT2D eigenvalue weighted by molar-refractivity contribution is 5.96. The summed E-state index contributed by atoms with van der Waals surface area (Å²) in [5.41, 5.74) is -1.28. The van der Waals surface area contributed by atoms with Crippen molar-refractivity contribution < 1.29 is 28.9 Å². The Morgan fingerprint density at radius 1 is 1.06 bits per heavy atom. The highest BCUT2D eigenvalue weighted by Gasteiger charge is 2.25. The molecule has 0 saturated carbocycles. The van der Waals surface area contributed by atoms with Crippen molar-refractivity contribution in [2.24, 2.45) is 0 Å². The lowest BCUT2D eigenvalue weighted by atomic mass is 10.1. The third-order valence-corrected chi connectivity index (χ3v) is 2.23. The normalized spacial score (nSPS) is 13.6. The Kier molecular flexibility index (Phi) is 6.70. The zero-order chi connectivity index (χ0) is 14.3. The maximum atomic E-state index is 14.0. The van der Waals surface area contributed by atoms with Crippen molar-refractivity contribution in [3.63, 3.8) is 0 Å². The molecule has 0 amide bonds. The first kappa shape index (κ1) is 16.1. The lowest BCUT2D eigenvalue weighted by Crippen LogP contribution is -2.12. The number of halogens is 1. The maximum Gasteiger partial charge on any atom is 0.342 e. The van der Waals surface area contributed by atoms with Crippen molar-refractivity contribution in [3.05, 3.63) is 22.7 Å². The summed E-state index contributed by atoms with van der Waals surface area (Å²) in [6, 6.07) is 0. The van der Waals surface area contributed by atoms with Crippen molar-refractivity contribution in [1.29, 1.82) is 0 Å². The minimum atomic E-state index is -1.54. The minimum Gasteiger partial charge on any atom is -0.497 e. The van der Waals surface area contributed by atoms with Crippen molar-refractivity contribution >= 4 is 11.9 Å². The first-order valence-electron chi connectivity index (χ1n) is 5.62. The smallest absolute Gasteiger partial charge is 0.342 e. The van der Waals surface area contributed by atoms with Crippen molar-refractivity contribution in [2.45, 2.75) is 33.6 Å². The molecule has 0 unspecified atom stereocenters. The monoisotopic (exact) mass is 260 g/mol. The Hall–Kier alpha value is -1.85. The van der Waals surface area contributed by atoms with Crippen LogP contribution in [0.5, 0.6) is 0 Å². The van der Waals surface area contributed by atoms with Crippen LogP contribution in [-0.2, 0) is 14.3 Å². The number of carbonyl (C=O) groups is 2. The van der Waals surface area contributed by atoms with E-state index in [0.29, 0.717) is 0 Å². The molecule has 0 aromatic rings. The predicted octanol–water partition coefficient (Wildman–Crippen LogP) is 2.49. The Bertz CT molecular complexity index is 395. The fraction of sp³-hybridized carbons (Fsp3) is 0.500. The standard InChI is InChI=1S/C12H17FO5/c1-4-7(11(14)15)10(13)9(12(16)17)8(5-2)18-6-3/h4-6H2,1-3H3,(H,14,15)(H,16,17). The number of aliphatic carboxylic acids is 2. The van der Waals surface area contributed by atoms with Gasteiger partial charge in [0.25, 0.3) is 0 Å². The van der Waals surface area contributed by atoms with Crippen LogP contribution in [0.3, 0.4) is 0 Å². The van der Waals surface area contributed by atoms with Gasteiger partial charge in [0.15, 0.2) is 5.83 Å². The molecule has 0 aliphatic carbocycles. The van der Waals surface area contributed by atoms with E-state index in [1.807, 2.05) is 0 Å². The van der Waals surface area contributed by atoms with Crippen LogP contribution in [0.1, 0.15) is 33.6 Å². The molecule has 0 aromatic heterocycles. The van der Waals surface area contributed by atoms with E-state index in [2.05, 4.69) is 0 Å². The molecule has 2 N–H and O–H groups in total. The summed E-state index contributed by atoms with van der Waals surface area (Å²) in [6.07, 6.45) is 0.0561. The van der Waals surface area contributed by atoms with E-state index >= 15 is 0 Å². The van der Waals surface area contributed by atoms with Crippen LogP contribution in [0, 0.1) is 0 Å². The van der Waals surface area contributed by atoms with Gasteiger partial charge in [-0.2, -0.15) is 0 Å². The number of hydrogen-bond acceptors (Lipinski definition) is 3. The van der Waals surface area contributed by atoms with E-state index in [-0.39, 0.29) is 25.2 Å². The van der Waals surface area contributed by atoms with Gasteiger partial charge in [0.1, 0.15) is 11.3 Å². The van der Waals surface area contributed by atoms with Crippen LogP contribution < -0.4 is 0 Å². The van der Waals surface area contributed by atoms with Crippen LogP contribution in [0.2, 0.25) is 0 Å². The number of carboxylic acids is 2. The molecule has 0 atom stereocenters. The third-order valence-electron chi connectivity index (χ3n) is 2.23. The first-order chi connectivity index (χ1) is 8.40. The fourth-order valence-electron chi connectivity index (χ4n) is 1.41. The summed E-state index contributed by atoms with van der Waals surface area (Å²) in [4.78, 5) is 21.9. The van der Waals surface area contributed by atoms with Gasteiger partial charge in [-0.05, 0) is 13.3 Å². The van der Waals surface area contributed by atoms with Gasteiger partial charge >= 0.3 is 11.9 Å². The van der Waals surface area contributed by atoms with Gasteiger partial charge < -0.3 is 14.9 Å². The Morgan fingerprint density at radius 2 is 1.61 bits per heavy atom. The zero-order valence-corrected chi connectivity index (χ0v) is 10.6. The molecule has 102 valence electrons. The van der Waals surface area contributed by atoms with Gasteiger partial charge in [0, 0.05) is 6.42 Å². The molecule has 0 aliphatic heterocycles. The fourth-order valence-corrected chi connectivity index (χ4v) is 1.41. The van der Waals surface area contributed by atoms with Gasteiger partial charge in [0.05, 0.1) is 12.2 Å². The quantitative estimate of drug-likeness (QED) is 0.417. The van der Waals surface area contributed by atoms with E-state index in [1.165, 1.54) is 6.92 Å². The lowest BCUT2D eigenvalue weighted by molar-refractivity contribution is -0.133. The second-order valence-corrected chi connectivity index (χ2v) is 3.34. The summed E-state index contributed by atoms with van der Waals surface area (Å²) in [6.45, 7) is 4.86. The lowest BCUT2D eigenvalue weighted by Gasteiger charge is -2.11. The molecule has 5 nitrogen and oxygen atoms in total. The minimum absolute atomic E-state index is 0.0605. The molecule has 0 aromatic carbocycles. The molecule has 0 radical (unpaired) electrons. The summed E-state index contributed by atoms with van der Waals surface area (Å²) in [5.74, 6) is -4.32. The SMILES string of the molecule is CCOC(CC)=C(C(=O)O)C(F)=C(CC)C(=O)O. The molecular weight excluding hydrogens is 243 g/mol. The van der Waals surface area contributed by atoms with Crippen LogP contribution >= 0.6 is 0 Å². The Morgan fingerprint density at radius 3 is 1.89 bits per heavy atom. The topological polar surface area (TPSA) is 83.8 Å². The highest BCUT2D eigenvalue weighted by Crippen LogP contribution is 2.25. The highest BCUT2D eigenvalue weighted by atomic mass is 19.1. The molecule has 0 bridgehead atoms. The van der Waals surface area contributed by atoms with Crippen LogP contribution in [0.25, 0.3) is 0 Å². The van der Waals surface area contributed by atoms with E-state index in [9.17, 15) is 14.0 Å². The third kappa shape index (κ3) is 3.87. The maximum absolute atomic E-state index is 14.0. The van der Waals surface area contributed by atoms with Crippen molar-refractivity contribution in [1.82, 2.24) is 0 Å². The van der Waals surface area contributed by atoms with Gasteiger partial charge in [-0.1, -0.05) is 13.8 Å². The zero-order valence-electron chi connectivity index (χ0n) is 10.6. The Labute approximate surface area is 105 Å². The summed E-state index contributed by atoms with van der Waals surface area (Å²) >= 11 is 0. The van der Waals surface area contributed by atoms with Crippen LogP contribution in [0.4, 0.5) is 4.39 Å². The molecule has 0 spiro atoms. The van der Waals surface area contributed by atoms with E-state index in [1.54, 1.807) is 13.8 Å². The van der Waals surface area contributed by atoms with E-state index in [4.69, 9.17) is 14.9 Å². The number of carboxylic acid groups (broad SMARTS) is 2. The molecule has 0 aliphatic rings. The molecule has 18 heavy (non-hydrogen) atoms. The average Bonchev–Trinajstić information content (AvgIpc) is 2.28. The second kappa shape index (κ2) is 7.47. The largest absolute Gasteiger partial charge is 0.497 e. The van der Waals surface area contributed by atoms with Gasteiger partial charge in [-0.15, -0.1) is 0 Å². The number of allylic oxidation sites excluding steroid dienone is 1. The van der Waals surface area contributed by atoms with Gasteiger partial charge in [-0.25, -0.2) is 14.0 Å². The molecule has 0 rings (SSSR count). The van der Waals surface area contributed by atoms with E-state index < -0.39 is 28.9 Å². The number of ether oxygens (including phenoxy) is 1. The van der Waals surface area contributed by atoms with Crippen molar-refractivity contribution in [3.8, 4) is 0 Å². The van der Waals surface area contributed by atoms with E-state index in [0.717, 1.165) is 0 Å². The molecule has 0 saturated heterocycles. The van der Waals surface area contributed by atoms with Crippen molar-refractivity contribution in [2.75, 3.05) is 6.61 Å². The number of hydrogen-bond donors (Lipinski definition) is 2. The molecular formula is C12H17FO5. The predicted molar refractivity (Wildman–Crippen MR) is 62.6 cm³/mol. The van der Waals surface area contributed by atoms with Gasteiger partial charge in [0.2, 0.25) is 0 Å². The summed E-state index contributed by atoms with van der Waals surface area (Å²) in [7, 11) is 0. The Balaban J connectivity index is 5.90. The number of rotatable bonds is 7. The first-order valence-corrected chi connectivity index (χ1v) is 5.62. The average molecular weight is 260 g/mol. The summed E-state index contributed by atoms with van der Waals surface area (Å²) in [5, 5.41) is 17.8. The second-order valence-electron chi connectivity index (χ2n) is 3.34. The van der Waals surface area contributed by atoms with Crippen LogP contribution in [-0.4, -0.2) is 28.8 Å². The molecule has 0 fully saturated rings. The molecule has 0 heterocycles. The van der Waals surface area contributed by atoms with Crippen LogP contribution in [0.15, 0.2) is 22.7 Å².